The molecule has 4 rings (SSSR count). The van der Waals surface area contributed by atoms with E-state index in [4.69, 9.17) is 6.42 Å². The molecule has 3 aromatic rings. The summed E-state index contributed by atoms with van der Waals surface area (Å²) >= 11 is 0. The van der Waals surface area contributed by atoms with Crippen molar-refractivity contribution in [2.45, 2.75) is 57.9 Å². The van der Waals surface area contributed by atoms with Gasteiger partial charge in [-0.25, -0.2) is 4.98 Å². The summed E-state index contributed by atoms with van der Waals surface area (Å²) in [7, 11) is 0. The van der Waals surface area contributed by atoms with Gasteiger partial charge >= 0.3 is 0 Å². The summed E-state index contributed by atoms with van der Waals surface area (Å²) in [6.45, 7) is 4.39. The third-order valence-corrected chi connectivity index (χ3v) is 6.10. The molecule has 0 amide bonds. The fourth-order valence-corrected chi connectivity index (χ4v) is 4.31. The van der Waals surface area contributed by atoms with E-state index in [1.165, 1.54) is 24.9 Å². The molecule has 2 aromatic heterocycles. The molecule has 0 spiro atoms. The van der Waals surface area contributed by atoms with E-state index in [2.05, 4.69) is 45.2 Å². The maximum absolute atomic E-state index is 12.7. The molecule has 166 valence electrons. The number of piperidine rings is 1. The highest BCUT2D eigenvalue weighted by atomic mass is 16.1. The largest absolute Gasteiger partial charge is 0.372 e. The quantitative estimate of drug-likeness (QED) is 0.390. The van der Waals surface area contributed by atoms with Gasteiger partial charge in [-0.1, -0.05) is 32.1 Å². The van der Waals surface area contributed by atoms with Gasteiger partial charge in [0.1, 0.15) is 5.65 Å². The first-order valence-electron chi connectivity index (χ1n) is 11.7. The molecule has 1 fully saturated rings. The Labute approximate surface area is 189 Å². The molecule has 32 heavy (non-hydrogen) atoms. The normalized spacial score (nSPS) is 14.8. The highest BCUT2D eigenvalue weighted by Crippen LogP contribution is 2.24. The van der Waals surface area contributed by atoms with Crippen molar-refractivity contribution in [3.8, 4) is 12.3 Å². The Balaban J connectivity index is 1.58. The first-order valence-corrected chi connectivity index (χ1v) is 11.7. The van der Waals surface area contributed by atoms with Crippen molar-refractivity contribution < 1.29 is 0 Å². The molecule has 1 aliphatic rings. The van der Waals surface area contributed by atoms with E-state index in [0.29, 0.717) is 11.6 Å². The van der Waals surface area contributed by atoms with Crippen molar-refractivity contribution in [1.82, 2.24) is 14.5 Å². The van der Waals surface area contributed by atoms with Crippen LogP contribution < -0.4 is 15.8 Å². The highest BCUT2D eigenvalue weighted by Gasteiger charge is 2.15. The van der Waals surface area contributed by atoms with Crippen LogP contribution >= 0.6 is 0 Å². The average molecular weight is 430 g/mol. The van der Waals surface area contributed by atoms with Gasteiger partial charge < -0.3 is 10.2 Å². The van der Waals surface area contributed by atoms with Crippen molar-refractivity contribution in [3.63, 3.8) is 0 Å². The minimum Gasteiger partial charge on any atom is -0.372 e. The van der Waals surface area contributed by atoms with Crippen LogP contribution in [0.25, 0.3) is 11.0 Å². The first-order chi connectivity index (χ1) is 15.7. The maximum Gasteiger partial charge on any atom is 0.253 e. The van der Waals surface area contributed by atoms with Gasteiger partial charge in [-0.3, -0.25) is 9.36 Å². The monoisotopic (exact) mass is 429 g/mol. The minimum atomic E-state index is -0.315. The van der Waals surface area contributed by atoms with E-state index in [1.807, 2.05) is 12.1 Å². The van der Waals surface area contributed by atoms with Gasteiger partial charge in [0.05, 0.1) is 6.04 Å². The van der Waals surface area contributed by atoms with Crippen LogP contribution in [0.3, 0.4) is 0 Å². The molecule has 3 heterocycles. The molecule has 1 aromatic carbocycles. The van der Waals surface area contributed by atoms with E-state index >= 15 is 0 Å². The number of hydrogen-bond donors (Lipinski definition) is 1. The lowest BCUT2D eigenvalue weighted by molar-refractivity contribution is 0.530. The Morgan fingerprint density at radius 3 is 2.59 bits per heavy atom. The van der Waals surface area contributed by atoms with Crippen LogP contribution in [0, 0.1) is 12.3 Å². The smallest absolute Gasteiger partial charge is 0.253 e. The predicted molar refractivity (Wildman–Crippen MR) is 132 cm³/mol. The zero-order chi connectivity index (χ0) is 22.3. The summed E-state index contributed by atoms with van der Waals surface area (Å²) in [6.07, 6.45) is 15.3. The van der Waals surface area contributed by atoms with Crippen molar-refractivity contribution in [3.05, 3.63) is 52.9 Å². The summed E-state index contributed by atoms with van der Waals surface area (Å²) < 4.78 is 1.64. The van der Waals surface area contributed by atoms with Crippen LogP contribution in [0.15, 0.2) is 47.4 Å². The van der Waals surface area contributed by atoms with E-state index < -0.39 is 0 Å². The topological polar surface area (TPSA) is 63.1 Å². The van der Waals surface area contributed by atoms with Gasteiger partial charge in [0.25, 0.3) is 5.56 Å². The summed E-state index contributed by atoms with van der Waals surface area (Å²) in [5.41, 5.74) is 2.59. The summed E-state index contributed by atoms with van der Waals surface area (Å²) in [6, 6.07) is 11.3. The van der Waals surface area contributed by atoms with Crippen molar-refractivity contribution in [1.29, 1.82) is 0 Å². The van der Waals surface area contributed by atoms with Gasteiger partial charge in [-0.2, -0.15) is 4.98 Å². The van der Waals surface area contributed by atoms with Crippen molar-refractivity contribution in [2.75, 3.05) is 23.3 Å². The molecule has 0 bridgehead atoms. The highest BCUT2D eigenvalue weighted by molar-refractivity contribution is 5.76. The fourth-order valence-electron chi connectivity index (χ4n) is 4.31. The number of aromatic nitrogens is 3. The van der Waals surface area contributed by atoms with Gasteiger partial charge in [0.2, 0.25) is 5.95 Å². The molecule has 6 heteroatoms. The SMILES string of the molecule is C#CC(CCCCC)n1c(=O)ccc2cnc(Nc3ccc(N4CCCCC4)cc3)nc21. The number of anilines is 3. The van der Waals surface area contributed by atoms with Gasteiger partial charge in [0.15, 0.2) is 0 Å². The van der Waals surface area contributed by atoms with E-state index in [9.17, 15) is 4.79 Å². The summed E-state index contributed by atoms with van der Waals surface area (Å²) in [4.78, 5) is 24.3. The second kappa shape index (κ2) is 10.3. The van der Waals surface area contributed by atoms with Crippen LogP contribution in [0.5, 0.6) is 0 Å². The van der Waals surface area contributed by atoms with Crippen molar-refractivity contribution >= 4 is 28.4 Å². The van der Waals surface area contributed by atoms with E-state index in [0.717, 1.165) is 49.8 Å². The molecule has 0 aliphatic carbocycles. The first kappa shape index (κ1) is 21.9. The number of nitrogens with zero attached hydrogens (tertiary/aromatic N) is 4. The van der Waals surface area contributed by atoms with Crippen LogP contribution in [-0.2, 0) is 0 Å². The standard InChI is InChI=1S/C26H31N5O/c1-3-5-7-10-22(4-2)31-24(32)16-11-20-19-27-26(29-25(20)31)28-21-12-14-23(15-13-21)30-17-8-6-9-18-30/h2,11-16,19,22H,3,5-10,17-18H2,1H3,(H,27,28,29). The second-order valence-corrected chi connectivity index (χ2v) is 8.41. The molecule has 1 atom stereocenters. The lowest BCUT2D eigenvalue weighted by Crippen LogP contribution is -2.29. The summed E-state index contributed by atoms with van der Waals surface area (Å²) in [5, 5.41) is 4.07. The van der Waals surface area contributed by atoms with Gasteiger partial charge in [0, 0.05) is 42.1 Å². The maximum atomic E-state index is 12.7. The molecular formula is C26H31N5O. The number of fused-ring (bicyclic) bond motifs is 1. The molecule has 1 N–H and O–H groups in total. The third-order valence-electron chi connectivity index (χ3n) is 6.10. The number of nitrogens with one attached hydrogen (secondary N) is 1. The number of unbranched alkanes of at least 4 members (excludes halogenated alkanes) is 2. The van der Waals surface area contributed by atoms with E-state index in [-0.39, 0.29) is 11.6 Å². The fraction of sp³-hybridized carbons (Fsp3) is 0.423. The minimum absolute atomic E-state index is 0.132. The average Bonchev–Trinajstić information content (AvgIpc) is 2.83. The zero-order valence-corrected chi connectivity index (χ0v) is 18.8. The molecule has 1 aliphatic heterocycles. The lowest BCUT2D eigenvalue weighted by Gasteiger charge is -2.28. The Hall–Kier alpha value is -3.33. The van der Waals surface area contributed by atoms with Crippen LogP contribution in [0.4, 0.5) is 17.3 Å². The van der Waals surface area contributed by atoms with Crippen LogP contribution in [-0.4, -0.2) is 27.6 Å². The van der Waals surface area contributed by atoms with E-state index in [1.54, 1.807) is 22.9 Å². The molecule has 6 nitrogen and oxygen atoms in total. The Morgan fingerprint density at radius 2 is 1.88 bits per heavy atom. The molecule has 0 radical (unpaired) electrons. The third kappa shape index (κ3) is 4.94. The van der Waals surface area contributed by atoms with Gasteiger partial charge in [-0.05, 0) is 56.0 Å². The summed E-state index contributed by atoms with van der Waals surface area (Å²) in [5.74, 6) is 3.25. The predicted octanol–water partition coefficient (Wildman–Crippen LogP) is 5.28. The number of terminal acetylenes is 1. The number of hydrogen-bond acceptors (Lipinski definition) is 5. The molecule has 0 saturated carbocycles. The zero-order valence-electron chi connectivity index (χ0n) is 18.8. The molecule has 1 unspecified atom stereocenters. The number of pyridine rings is 1. The number of rotatable bonds is 8. The Kier molecular flexibility index (Phi) is 7.06. The molecule has 1 saturated heterocycles. The lowest BCUT2D eigenvalue weighted by atomic mass is 10.1. The van der Waals surface area contributed by atoms with Crippen LogP contribution in [0.1, 0.15) is 57.9 Å². The Bertz CT molecular complexity index is 1140. The van der Waals surface area contributed by atoms with Crippen molar-refractivity contribution in [2.24, 2.45) is 0 Å². The number of benzene rings is 1. The molecular weight excluding hydrogens is 398 g/mol. The second-order valence-electron chi connectivity index (χ2n) is 8.41. The Morgan fingerprint density at radius 1 is 1.09 bits per heavy atom. The van der Waals surface area contributed by atoms with Crippen LogP contribution in [0.2, 0.25) is 0 Å². The van der Waals surface area contributed by atoms with Gasteiger partial charge in [-0.15, -0.1) is 6.42 Å².